The van der Waals surface area contributed by atoms with E-state index >= 15 is 0 Å². The maximum atomic E-state index is 13.0. The molecule has 0 saturated carbocycles. The van der Waals surface area contributed by atoms with Gasteiger partial charge in [0.25, 0.3) is 5.91 Å². The van der Waals surface area contributed by atoms with Crippen LogP contribution in [0.4, 0.5) is 0 Å². The van der Waals surface area contributed by atoms with E-state index in [-0.39, 0.29) is 23.7 Å². The van der Waals surface area contributed by atoms with Crippen LogP contribution in [-0.4, -0.2) is 64.8 Å². The highest BCUT2D eigenvalue weighted by Crippen LogP contribution is 2.34. The molecule has 2 saturated heterocycles. The van der Waals surface area contributed by atoms with Crippen molar-refractivity contribution in [3.05, 3.63) is 64.7 Å². The van der Waals surface area contributed by atoms with Crippen molar-refractivity contribution in [3.63, 3.8) is 0 Å². The van der Waals surface area contributed by atoms with E-state index in [1.807, 2.05) is 6.07 Å². The first-order valence-corrected chi connectivity index (χ1v) is 11.8. The standard InChI is InChI=1S/C26H29N3O5.H2O/c1-17-15-33-12-11-28(17)13-18-5-7-19(8-6-18)16-34-23-4-2-3-20-21(23)14-29(26(20)32)22-9-10-24(30)27-25(22)31;/h2-8,17,22H,9-16H2,1H3,(H,27,30,31);1H2. The van der Waals surface area contributed by atoms with E-state index < -0.39 is 11.9 Å². The first-order valence-electron chi connectivity index (χ1n) is 11.8. The Labute approximate surface area is 204 Å². The summed E-state index contributed by atoms with van der Waals surface area (Å²) in [6.07, 6.45) is 0.580. The predicted octanol–water partition coefficient (Wildman–Crippen LogP) is 1.42. The van der Waals surface area contributed by atoms with E-state index in [9.17, 15) is 14.4 Å². The van der Waals surface area contributed by atoms with Crippen LogP contribution in [0.5, 0.6) is 5.75 Å². The Hall–Kier alpha value is -3.27. The quantitative estimate of drug-likeness (QED) is 0.624. The molecule has 3 aliphatic rings. The van der Waals surface area contributed by atoms with Crippen LogP contribution in [0, 0.1) is 0 Å². The number of carbonyl (C=O) groups is 3. The molecular weight excluding hydrogens is 450 g/mol. The molecule has 3 amide bonds. The van der Waals surface area contributed by atoms with Gasteiger partial charge >= 0.3 is 0 Å². The Morgan fingerprint density at radius 3 is 2.60 bits per heavy atom. The fourth-order valence-electron chi connectivity index (χ4n) is 4.83. The summed E-state index contributed by atoms with van der Waals surface area (Å²) in [6, 6.07) is 13.6. The lowest BCUT2D eigenvalue weighted by Crippen LogP contribution is -2.52. The highest BCUT2D eigenvalue weighted by Gasteiger charge is 2.40. The predicted molar refractivity (Wildman–Crippen MR) is 128 cm³/mol. The summed E-state index contributed by atoms with van der Waals surface area (Å²) in [5, 5.41) is 2.34. The molecule has 9 heteroatoms. The van der Waals surface area contributed by atoms with Gasteiger partial charge in [-0.05, 0) is 36.6 Å². The topological polar surface area (TPSA) is 120 Å². The summed E-state index contributed by atoms with van der Waals surface area (Å²) in [7, 11) is 0. The molecule has 2 unspecified atom stereocenters. The molecule has 3 N–H and O–H groups in total. The second kappa shape index (κ2) is 10.6. The maximum absolute atomic E-state index is 13.0. The van der Waals surface area contributed by atoms with Gasteiger partial charge in [-0.25, -0.2) is 0 Å². The van der Waals surface area contributed by atoms with Crippen LogP contribution in [0.25, 0.3) is 0 Å². The van der Waals surface area contributed by atoms with Crippen LogP contribution >= 0.6 is 0 Å². The minimum absolute atomic E-state index is 0. The van der Waals surface area contributed by atoms with Crippen molar-refractivity contribution in [1.82, 2.24) is 15.1 Å². The van der Waals surface area contributed by atoms with Crippen molar-refractivity contribution < 1.29 is 29.3 Å². The molecule has 0 spiro atoms. The minimum Gasteiger partial charge on any atom is -0.489 e. The zero-order chi connectivity index (χ0) is 23.7. The molecule has 186 valence electrons. The van der Waals surface area contributed by atoms with Gasteiger partial charge in [0.2, 0.25) is 11.8 Å². The van der Waals surface area contributed by atoms with Gasteiger partial charge in [-0.2, -0.15) is 0 Å². The van der Waals surface area contributed by atoms with E-state index in [4.69, 9.17) is 9.47 Å². The number of fused-ring (bicyclic) bond motifs is 1. The molecule has 0 bridgehead atoms. The zero-order valence-electron chi connectivity index (χ0n) is 19.8. The zero-order valence-corrected chi connectivity index (χ0v) is 19.8. The van der Waals surface area contributed by atoms with Crippen molar-refractivity contribution >= 4 is 17.7 Å². The summed E-state index contributed by atoms with van der Waals surface area (Å²) in [6.45, 7) is 6.27. The normalized spacial score (nSPS) is 22.4. The number of imide groups is 1. The lowest BCUT2D eigenvalue weighted by Gasteiger charge is -2.33. The monoisotopic (exact) mass is 481 g/mol. The molecule has 2 fully saturated rings. The van der Waals surface area contributed by atoms with E-state index in [1.54, 1.807) is 17.0 Å². The molecule has 3 aliphatic heterocycles. The molecule has 3 heterocycles. The lowest BCUT2D eigenvalue weighted by atomic mass is 10.0. The Morgan fingerprint density at radius 2 is 1.86 bits per heavy atom. The number of carbonyl (C=O) groups excluding carboxylic acids is 3. The largest absolute Gasteiger partial charge is 0.489 e. The van der Waals surface area contributed by atoms with E-state index in [1.165, 1.54) is 5.56 Å². The van der Waals surface area contributed by atoms with Gasteiger partial charge in [-0.15, -0.1) is 0 Å². The first kappa shape index (κ1) is 24.8. The van der Waals surface area contributed by atoms with Gasteiger partial charge in [-0.1, -0.05) is 30.3 Å². The molecule has 2 aromatic carbocycles. The number of rotatable bonds is 6. The summed E-state index contributed by atoms with van der Waals surface area (Å²) in [5.41, 5.74) is 3.64. The van der Waals surface area contributed by atoms with Crippen molar-refractivity contribution in [2.75, 3.05) is 19.8 Å². The summed E-state index contributed by atoms with van der Waals surface area (Å²) >= 11 is 0. The van der Waals surface area contributed by atoms with Crippen LogP contribution < -0.4 is 10.1 Å². The minimum atomic E-state index is -0.632. The molecule has 5 rings (SSSR count). The fraction of sp³-hybridized carbons (Fsp3) is 0.423. The smallest absolute Gasteiger partial charge is 0.255 e. The number of nitrogens with one attached hydrogen (secondary N) is 1. The third-order valence-electron chi connectivity index (χ3n) is 6.85. The average Bonchev–Trinajstić information content (AvgIpc) is 3.17. The van der Waals surface area contributed by atoms with Gasteiger partial charge in [0.15, 0.2) is 0 Å². The molecule has 0 radical (unpaired) electrons. The van der Waals surface area contributed by atoms with Gasteiger partial charge in [0.05, 0.1) is 19.8 Å². The van der Waals surface area contributed by atoms with Crippen molar-refractivity contribution in [2.24, 2.45) is 0 Å². The molecule has 2 atom stereocenters. The van der Waals surface area contributed by atoms with Gasteiger partial charge in [0, 0.05) is 36.7 Å². The second-order valence-corrected chi connectivity index (χ2v) is 9.18. The molecule has 0 aromatic heterocycles. The highest BCUT2D eigenvalue weighted by molar-refractivity contribution is 6.05. The number of hydrogen-bond acceptors (Lipinski definition) is 6. The number of ether oxygens (including phenoxy) is 2. The summed E-state index contributed by atoms with van der Waals surface area (Å²) < 4.78 is 11.6. The van der Waals surface area contributed by atoms with Crippen LogP contribution in [-0.2, 0) is 34.0 Å². The highest BCUT2D eigenvalue weighted by atomic mass is 16.5. The molecule has 9 nitrogen and oxygen atoms in total. The Balaban J connectivity index is 0.00000289. The Bertz CT molecular complexity index is 1100. The second-order valence-electron chi connectivity index (χ2n) is 9.18. The number of hydrogen-bond donors (Lipinski definition) is 1. The summed E-state index contributed by atoms with van der Waals surface area (Å²) in [4.78, 5) is 40.7. The van der Waals surface area contributed by atoms with E-state index in [0.29, 0.717) is 36.9 Å². The maximum Gasteiger partial charge on any atom is 0.255 e. The van der Waals surface area contributed by atoms with Crippen LogP contribution in [0.15, 0.2) is 42.5 Å². The number of benzene rings is 2. The number of morpholine rings is 1. The van der Waals surface area contributed by atoms with Gasteiger partial charge < -0.3 is 19.8 Å². The van der Waals surface area contributed by atoms with Gasteiger partial charge in [-0.3, -0.25) is 24.6 Å². The summed E-state index contributed by atoms with van der Waals surface area (Å²) in [5.74, 6) is -0.255. The number of piperidine rings is 1. The van der Waals surface area contributed by atoms with E-state index in [0.717, 1.165) is 37.4 Å². The number of nitrogens with zero attached hydrogens (tertiary/aromatic N) is 2. The molecule has 0 aliphatic carbocycles. The molecule has 2 aromatic rings. The SMILES string of the molecule is CC1COCCN1Cc1ccc(COc2cccc3c2CN(C2CCC(=O)NC2=O)C3=O)cc1.O. The average molecular weight is 482 g/mol. The van der Waals surface area contributed by atoms with Gasteiger partial charge in [0.1, 0.15) is 18.4 Å². The third-order valence-corrected chi connectivity index (χ3v) is 6.85. The molecule has 35 heavy (non-hydrogen) atoms. The van der Waals surface area contributed by atoms with Crippen molar-refractivity contribution in [1.29, 1.82) is 0 Å². The van der Waals surface area contributed by atoms with Crippen LogP contribution in [0.2, 0.25) is 0 Å². The van der Waals surface area contributed by atoms with Crippen LogP contribution in [0.1, 0.15) is 46.8 Å². The van der Waals surface area contributed by atoms with Crippen LogP contribution in [0.3, 0.4) is 0 Å². The Morgan fingerprint density at radius 1 is 1.09 bits per heavy atom. The third kappa shape index (κ3) is 5.22. The lowest BCUT2D eigenvalue weighted by molar-refractivity contribution is -0.136. The Kier molecular flexibility index (Phi) is 7.49. The fourth-order valence-corrected chi connectivity index (χ4v) is 4.83. The van der Waals surface area contributed by atoms with Crippen molar-refractivity contribution in [2.45, 2.75) is 51.5 Å². The molecular formula is C26H31N3O6. The van der Waals surface area contributed by atoms with Crippen molar-refractivity contribution in [3.8, 4) is 5.75 Å². The number of amides is 3. The van der Waals surface area contributed by atoms with E-state index in [2.05, 4.69) is 41.4 Å². The first-order chi connectivity index (χ1) is 16.5.